The minimum atomic E-state index is -2.63. The van der Waals surface area contributed by atoms with Gasteiger partial charge in [-0.2, -0.15) is 0 Å². The molecule has 0 saturated carbocycles. The molecule has 0 unspecified atom stereocenters. The fourth-order valence-corrected chi connectivity index (χ4v) is 15.2. The highest BCUT2D eigenvalue weighted by molar-refractivity contribution is 7.35. The second-order valence-corrected chi connectivity index (χ2v) is 22.8. The third kappa shape index (κ3) is 7.09. The summed E-state index contributed by atoms with van der Waals surface area (Å²) in [7, 11) is 0. The van der Waals surface area contributed by atoms with Crippen molar-refractivity contribution in [2.24, 2.45) is 9.98 Å². The molecule has 0 amide bonds. The summed E-state index contributed by atoms with van der Waals surface area (Å²) in [5.41, 5.74) is -3.42. The van der Waals surface area contributed by atoms with Crippen LogP contribution in [-0.4, -0.2) is 21.9 Å². The van der Waals surface area contributed by atoms with E-state index >= 15 is 9.59 Å². The highest BCUT2D eigenvalue weighted by atomic mass is 32.1. The van der Waals surface area contributed by atoms with E-state index in [2.05, 4.69) is 9.98 Å². The molecule has 10 aromatic carbocycles. The number of aromatic nitrogens is 2. The van der Waals surface area contributed by atoms with Crippen molar-refractivity contribution in [3.8, 4) is 15.5 Å². The van der Waals surface area contributed by atoms with Gasteiger partial charge in [0.1, 0.15) is 27.6 Å². The number of hydrogen-bond donors (Lipinski definition) is 0. The lowest BCUT2D eigenvalue weighted by Gasteiger charge is -2.33. The van der Waals surface area contributed by atoms with E-state index in [1.54, 1.807) is 72.8 Å². The molecule has 0 saturated heterocycles. The van der Waals surface area contributed by atoms with E-state index in [4.69, 9.17) is 24.2 Å². The van der Waals surface area contributed by atoms with Gasteiger partial charge in [0.15, 0.2) is 16.5 Å². The van der Waals surface area contributed by atoms with Gasteiger partial charge < -0.3 is 14.2 Å². The maximum atomic E-state index is 15.3. The van der Waals surface area contributed by atoms with Crippen LogP contribution in [-0.2, 0) is 37.9 Å². The monoisotopic (exact) mass is 1090 g/mol. The van der Waals surface area contributed by atoms with Crippen molar-refractivity contribution in [2.75, 3.05) is 0 Å². The fraction of sp³-hybridized carbons (Fsp3) is 0.0492. The highest BCUT2D eigenvalue weighted by Gasteiger charge is 2.60. The molecule has 15 rings (SSSR count). The number of ether oxygens (including phenoxy) is 3. The molecule has 1 aliphatic heterocycles. The average molecular weight is 1090 g/mol. The number of carbonyl (C=O) groups is 2. The zero-order chi connectivity index (χ0) is 52.6. The van der Waals surface area contributed by atoms with Gasteiger partial charge in [-0.05, 0) is 103 Å². The number of thiophene rings is 2. The van der Waals surface area contributed by atoms with Crippen LogP contribution >= 0.6 is 45.3 Å². The smallest absolute Gasteiger partial charge is 0.367 e. The molecule has 4 aromatic heterocycles. The minimum absolute atomic E-state index is 0.0334. The van der Waals surface area contributed by atoms with Crippen LogP contribution in [0, 0.1) is 0 Å². The first-order valence-corrected chi connectivity index (χ1v) is 27.6. The first-order chi connectivity index (χ1) is 38.1. The van der Waals surface area contributed by atoms with Crippen LogP contribution in [0.3, 0.4) is 0 Å². The van der Waals surface area contributed by atoms with Gasteiger partial charge >= 0.3 is 17.5 Å². The summed E-state index contributed by atoms with van der Waals surface area (Å²) in [6, 6.07) is 48.4. The number of carbonyl (C=O) groups excluding carboxylic acids is 2. The minimum Gasteiger partial charge on any atom is -0.457 e. The van der Waals surface area contributed by atoms with E-state index < -0.39 is 39.3 Å². The van der Waals surface area contributed by atoms with Crippen molar-refractivity contribution < 1.29 is 23.8 Å². The number of esters is 2. The summed E-state index contributed by atoms with van der Waals surface area (Å²) < 4.78 is 19.7. The van der Waals surface area contributed by atoms with Crippen molar-refractivity contribution in [3.05, 3.63) is 226 Å². The van der Waals surface area contributed by atoms with Gasteiger partial charge in [-0.3, -0.25) is 19.2 Å². The number of fused-ring (bicyclic) bond motifs is 13. The highest BCUT2D eigenvalue weighted by Crippen LogP contribution is 2.60. The lowest BCUT2D eigenvalue weighted by atomic mass is 9.91. The van der Waals surface area contributed by atoms with E-state index in [0.29, 0.717) is 39.9 Å². The van der Waals surface area contributed by atoms with E-state index in [-0.39, 0.29) is 67.0 Å². The van der Waals surface area contributed by atoms with Crippen LogP contribution in [0.15, 0.2) is 187 Å². The number of nitrogens with zero attached hydrogens (tertiary/aromatic N) is 4. The Hall–Kier alpha value is -9.26. The predicted octanol–water partition coefficient (Wildman–Crippen LogP) is 11.3. The Labute approximate surface area is 452 Å². The molecule has 78 heavy (non-hydrogen) atoms. The third-order valence-electron chi connectivity index (χ3n) is 14.2. The molecule has 372 valence electrons. The Bertz CT molecular complexity index is 5060. The van der Waals surface area contributed by atoms with Crippen LogP contribution in [0.5, 0.6) is 5.75 Å². The Morgan fingerprint density at radius 3 is 1.24 bits per heavy atom. The van der Waals surface area contributed by atoms with Crippen LogP contribution < -0.4 is 37.2 Å². The molecular formula is C61H30N4O9S4. The zero-order valence-corrected chi connectivity index (χ0v) is 43.3. The van der Waals surface area contributed by atoms with Gasteiger partial charge in [0, 0.05) is 21.5 Å². The molecule has 13 nitrogen and oxygen atoms in total. The van der Waals surface area contributed by atoms with E-state index in [9.17, 15) is 19.2 Å². The largest absolute Gasteiger partial charge is 0.457 e. The fourth-order valence-electron chi connectivity index (χ4n) is 10.4. The topological polar surface area (TPSA) is 181 Å². The SMILES string of the molecule is O=C(OCc1ccccc1)C1(C(=O)OCc2ccccc2)Oc2c(sc3nc(N=c4c(=O)c5cc6cc7ccccc7cc6cc5c4=O)sc23)-c2sc3nc(N=c4c(=O)c5cc6cc7ccccc7cc6cc5c4=O)sc3c21. The van der Waals surface area contributed by atoms with Gasteiger partial charge in [0.2, 0.25) is 32.0 Å². The van der Waals surface area contributed by atoms with Crippen molar-refractivity contribution in [1.29, 1.82) is 0 Å². The van der Waals surface area contributed by atoms with Crippen LogP contribution in [0.2, 0.25) is 0 Å². The van der Waals surface area contributed by atoms with Crippen molar-refractivity contribution in [3.63, 3.8) is 0 Å². The van der Waals surface area contributed by atoms with E-state index in [1.807, 2.05) is 84.9 Å². The molecular weight excluding hydrogens is 1060 g/mol. The zero-order valence-electron chi connectivity index (χ0n) is 40.0. The summed E-state index contributed by atoms with van der Waals surface area (Å²) in [4.78, 5) is 107. The van der Waals surface area contributed by atoms with Gasteiger partial charge in [-0.1, -0.05) is 132 Å². The van der Waals surface area contributed by atoms with Gasteiger partial charge in [0.05, 0.1) is 20.0 Å². The Balaban J connectivity index is 0.898. The number of thiazole rings is 2. The standard InChI is InChI=1S/C61H30N4O9S4/c66-46-39-23-35-19-31-15-7-8-16-32(31)20-36(35)24-40(39)47(67)44(46)62-59-64-55-52(77-59)43-51(75-55)53-50(74-61(43,57(70)72-27-29-11-3-1-4-12-29)58(71)73-28-30-13-5-2-6-14-30)54-56(76-53)65-60(78-54)63-45-48(68)41-25-37-21-33-17-9-10-18-34(33)22-38(37)26-42(41)49(45)69/h1-26H,27-28H2. The molecule has 0 bridgehead atoms. The molecule has 1 aliphatic rings. The predicted molar refractivity (Wildman–Crippen MR) is 307 cm³/mol. The molecule has 17 heteroatoms. The summed E-state index contributed by atoms with van der Waals surface area (Å²) in [6.45, 7) is -0.470. The average Bonchev–Trinajstić information content (AvgIpc) is 4.08. The lowest BCUT2D eigenvalue weighted by Crippen LogP contribution is -2.52. The number of benzene rings is 8. The molecule has 0 atom stereocenters. The first kappa shape index (κ1) is 46.1. The second-order valence-electron chi connectivity index (χ2n) is 18.9. The first-order valence-electron chi connectivity index (χ1n) is 24.3. The Morgan fingerprint density at radius 1 is 0.449 bits per heavy atom. The summed E-state index contributed by atoms with van der Waals surface area (Å²) in [5, 5.41) is 7.65. The quantitative estimate of drug-likeness (QED) is 0.0802. The summed E-state index contributed by atoms with van der Waals surface area (Å²) >= 11 is 4.37. The Morgan fingerprint density at radius 2 is 0.821 bits per heavy atom. The summed E-state index contributed by atoms with van der Waals surface area (Å²) in [5.74, 6) is -2.06. The van der Waals surface area contributed by atoms with Gasteiger partial charge in [-0.15, -0.1) is 22.7 Å². The molecule has 0 fully saturated rings. The molecule has 0 radical (unpaired) electrons. The molecule has 0 aliphatic carbocycles. The Kier molecular flexibility index (Phi) is 10.3. The van der Waals surface area contributed by atoms with Crippen LogP contribution in [0.25, 0.3) is 93.4 Å². The summed E-state index contributed by atoms with van der Waals surface area (Å²) in [6.07, 6.45) is 0. The van der Waals surface area contributed by atoms with Gasteiger partial charge in [0.25, 0.3) is 0 Å². The normalized spacial score (nSPS) is 13.0. The maximum absolute atomic E-state index is 15.3. The van der Waals surface area contributed by atoms with Crippen molar-refractivity contribution in [1.82, 2.24) is 9.97 Å². The van der Waals surface area contributed by atoms with E-state index in [0.717, 1.165) is 77.1 Å². The van der Waals surface area contributed by atoms with Gasteiger partial charge in [-0.25, -0.2) is 29.5 Å². The maximum Gasteiger partial charge on any atom is 0.367 e. The molecule has 0 spiro atoms. The molecule has 0 N–H and O–H groups in total. The van der Waals surface area contributed by atoms with Crippen molar-refractivity contribution >= 4 is 151 Å². The lowest BCUT2D eigenvalue weighted by molar-refractivity contribution is -0.183. The van der Waals surface area contributed by atoms with E-state index in [1.165, 1.54) is 11.3 Å². The third-order valence-corrected chi connectivity index (χ3v) is 18.7. The molecule has 5 heterocycles. The molecule has 14 aromatic rings. The number of hydrogen-bond acceptors (Lipinski definition) is 17. The van der Waals surface area contributed by atoms with Crippen molar-refractivity contribution in [2.45, 2.75) is 18.8 Å². The number of rotatable bonds is 8. The van der Waals surface area contributed by atoms with Crippen LogP contribution in [0.4, 0.5) is 10.3 Å². The second kappa shape index (κ2) is 17.4. The van der Waals surface area contributed by atoms with Crippen LogP contribution in [0.1, 0.15) is 16.7 Å².